The SMILES string of the molecule is COc1cc(/C=C/CN)cc(Br)c1OC. The minimum Gasteiger partial charge on any atom is -0.493 e. The maximum absolute atomic E-state index is 5.39. The van der Waals surface area contributed by atoms with Crippen molar-refractivity contribution in [3.05, 3.63) is 28.2 Å². The van der Waals surface area contributed by atoms with Crippen LogP contribution in [0.3, 0.4) is 0 Å². The van der Waals surface area contributed by atoms with E-state index in [-0.39, 0.29) is 0 Å². The molecular weight excluding hydrogens is 258 g/mol. The van der Waals surface area contributed by atoms with Crippen molar-refractivity contribution in [3.63, 3.8) is 0 Å². The third-order valence-electron chi connectivity index (χ3n) is 1.90. The molecular formula is C11H14BrNO2. The molecule has 0 heterocycles. The summed E-state index contributed by atoms with van der Waals surface area (Å²) < 4.78 is 11.3. The first-order valence-electron chi connectivity index (χ1n) is 4.51. The van der Waals surface area contributed by atoms with Crippen molar-refractivity contribution in [2.24, 2.45) is 5.73 Å². The molecule has 0 bridgehead atoms. The molecule has 4 heteroatoms. The molecule has 0 radical (unpaired) electrons. The van der Waals surface area contributed by atoms with Crippen molar-refractivity contribution < 1.29 is 9.47 Å². The Bertz CT molecular complexity index is 364. The van der Waals surface area contributed by atoms with Crippen molar-refractivity contribution in [1.29, 1.82) is 0 Å². The number of benzene rings is 1. The molecule has 0 saturated heterocycles. The Labute approximate surface area is 98.0 Å². The number of ether oxygens (including phenoxy) is 2. The average molecular weight is 272 g/mol. The van der Waals surface area contributed by atoms with E-state index < -0.39 is 0 Å². The van der Waals surface area contributed by atoms with Crippen LogP contribution in [0.1, 0.15) is 5.56 Å². The Hall–Kier alpha value is -1.00. The van der Waals surface area contributed by atoms with E-state index in [1.807, 2.05) is 24.3 Å². The van der Waals surface area contributed by atoms with Gasteiger partial charge in [-0.15, -0.1) is 0 Å². The summed E-state index contributed by atoms with van der Waals surface area (Å²) in [4.78, 5) is 0. The fourth-order valence-corrected chi connectivity index (χ4v) is 1.86. The second-order valence-electron chi connectivity index (χ2n) is 2.88. The molecule has 2 N–H and O–H groups in total. The number of methoxy groups -OCH3 is 2. The summed E-state index contributed by atoms with van der Waals surface area (Å²) in [5.41, 5.74) is 6.41. The minimum absolute atomic E-state index is 0.520. The third-order valence-corrected chi connectivity index (χ3v) is 2.49. The fourth-order valence-electron chi connectivity index (χ4n) is 1.24. The Balaban J connectivity index is 3.13. The average Bonchev–Trinajstić information content (AvgIpc) is 2.25. The lowest BCUT2D eigenvalue weighted by Crippen LogP contribution is -1.94. The zero-order valence-corrected chi connectivity index (χ0v) is 10.4. The van der Waals surface area contributed by atoms with Gasteiger partial charge < -0.3 is 15.2 Å². The Morgan fingerprint density at radius 2 is 2.07 bits per heavy atom. The van der Waals surface area contributed by atoms with Gasteiger partial charge in [0.15, 0.2) is 11.5 Å². The molecule has 0 amide bonds. The van der Waals surface area contributed by atoms with Crippen LogP contribution < -0.4 is 15.2 Å². The van der Waals surface area contributed by atoms with Gasteiger partial charge in [0.25, 0.3) is 0 Å². The summed E-state index contributed by atoms with van der Waals surface area (Å²) in [7, 11) is 3.22. The molecule has 1 rings (SSSR count). The molecule has 0 aliphatic heterocycles. The molecule has 82 valence electrons. The number of rotatable bonds is 4. The van der Waals surface area contributed by atoms with Crippen LogP contribution in [0.2, 0.25) is 0 Å². The number of halogens is 1. The van der Waals surface area contributed by atoms with Crippen molar-refractivity contribution in [1.82, 2.24) is 0 Å². The first-order chi connectivity index (χ1) is 7.22. The van der Waals surface area contributed by atoms with Gasteiger partial charge in [-0.25, -0.2) is 0 Å². The molecule has 15 heavy (non-hydrogen) atoms. The molecule has 0 spiro atoms. The first kappa shape index (κ1) is 12.1. The zero-order chi connectivity index (χ0) is 11.3. The standard InChI is InChI=1S/C11H14BrNO2/c1-14-10-7-8(4-3-5-13)6-9(12)11(10)15-2/h3-4,6-7H,5,13H2,1-2H3/b4-3+. The molecule has 0 unspecified atom stereocenters. The molecule has 0 fully saturated rings. The molecule has 3 nitrogen and oxygen atoms in total. The maximum Gasteiger partial charge on any atom is 0.174 e. The highest BCUT2D eigenvalue weighted by atomic mass is 79.9. The predicted octanol–water partition coefficient (Wildman–Crippen LogP) is 2.44. The second kappa shape index (κ2) is 5.78. The highest BCUT2D eigenvalue weighted by molar-refractivity contribution is 9.10. The Kier molecular flexibility index (Phi) is 4.65. The van der Waals surface area contributed by atoms with Gasteiger partial charge in [0.1, 0.15) is 0 Å². The third kappa shape index (κ3) is 2.97. The topological polar surface area (TPSA) is 44.5 Å². The van der Waals surface area contributed by atoms with E-state index in [9.17, 15) is 0 Å². The van der Waals surface area contributed by atoms with Gasteiger partial charge in [0.05, 0.1) is 18.7 Å². The van der Waals surface area contributed by atoms with Crippen LogP contribution in [0.5, 0.6) is 11.5 Å². The van der Waals surface area contributed by atoms with Crippen molar-refractivity contribution in [2.45, 2.75) is 0 Å². The summed E-state index contributed by atoms with van der Waals surface area (Å²) in [5, 5.41) is 0. The second-order valence-corrected chi connectivity index (χ2v) is 3.73. The van der Waals surface area contributed by atoms with Gasteiger partial charge >= 0.3 is 0 Å². The van der Waals surface area contributed by atoms with E-state index in [0.29, 0.717) is 18.0 Å². The van der Waals surface area contributed by atoms with Gasteiger partial charge in [0.2, 0.25) is 0 Å². The van der Waals surface area contributed by atoms with Crippen LogP contribution in [0.25, 0.3) is 6.08 Å². The smallest absolute Gasteiger partial charge is 0.174 e. The number of nitrogens with two attached hydrogens (primary N) is 1. The van der Waals surface area contributed by atoms with E-state index in [1.165, 1.54) is 0 Å². The lowest BCUT2D eigenvalue weighted by Gasteiger charge is -2.10. The van der Waals surface area contributed by atoms with Crippen LogP contribution in [-0.4, -0.2) is 20.8 Å². The van der Waals surface area contributed by atoms with Crippen molar-refractivity contribution >= 4 is 22.0 Å². The summed E-state index contributed by atoms with van der Waals surface area (Å²) in [5.74, 6) is 1.39. The van der Waals surface area contributed by atoms with Crippen LogP contribution >= 0.6 is 15.9 Å². The van der Waals surface area contributed by atoms with Gasteiger partial charge in [0, 0.05) is 6.54 Å². The largest absolute Gasteiger partial charge is 0.493 e. The highest BCUT2D eigenvalue weighted by Gasteiger charge is 2.08. The summed E-state index contributed by atoms with van der Waals surface area (Å²) >= 11 is 3.42. The molecule has 0 aromatic heterocycles. The minimum atomic E-state index is 0.520. The van der Waals surface area contributed by atoms with Crippen molar-refractivity contribution in [3.8, 4) is 11.5 Å². The molecule has 0 aliphatic carbocycles. The zero-order valence-electron chi connectivity index (χ0n) is 8.79. The van der Waals surface area contributed by atoms with E-state index in [4.69, 9.17) is 15.2 Å². The maximum atomic E-state index is 5.39. The van der Waals surface area contributed by atoms with Crippen LogP contribution in [0.15, 0.2) is 22.7 Å². The van der Waals surface area contributed by atoms with Gasteiger partial charge in [-0.1, -0.05) is 12.2 Å². The number of hydrogen-bond acceptors (Lipinski definition) is 3. The summed E-state index contributed by atoms with van der Waals surface area (Å²) in [6.45, 7) is 0.520. The van der Waals surface area contributed by atoms with Crippen molar-refractivity contribution in [2.75, 3.05) is 20.8 Å². The van der Waals surface area contributed by atoms with Crippen LogP contribution in [-0.2, 0) is 0 Å². The van der Waals surface area contributed by atoms with Gasteiger partial charge in [-0.05, 0) is 33.6 Å². The number of hydrogen-bond donors (Lipinski definition) is 1. The van der Waals surface area contributed by atoms with Gasteiger partial charge in [-0.2, -0.15) is 0 Å². The fraction of sp³-hybridized carbons (Fsp3) is 0.273. The Morgan fingerprint density at radius 3 is 2.60 bits per heavy atom. The Morgan fingerprint density at radius 1 is 1.33 bits per heavy atom. The lowest BCUT2D eigenvalue weighted by atomic mass is 10.2. The summed E-state index contributed by atoms with van der Waals surface area (Å²) in [6, 6.07) is 3.85. The normalized spacial score (nSPS) is 10.7. The molecule has 0 saturated carbocycles. The van der Waals surface area contributed by atoms with E-state index in [1.54, 1.807) is 14.2 Å². The highest BCUT2D eigenvalue weighted by Crippen LogP contribution is 2.36. The monoisotopic (exact) mass is 271 g/mol. The predicted molar refractivity (Wildman–Crippen MR) is 65.3 cm³/mol. The lowest BCUT2D eigenvalue weighted by molar-refractivity contribution is 0.353. The van der Waals surface area contributed by atoms with Crippen LogP contribution in [0.4, 0.5) is 0 Å². The van der Waals surface area contributed by atoms with Crippen LogP contribution in [0, 0.1) is 0 Å². The molecule has 1 aromatic rings. The van der Waals surface area contributed by atoms with Gasteiger partial charge in [-0.3, -0.25) is 0 Å². The first-order valence-corrected chi connectivity index (χ1v) is 5.30. The quantitative estimate of drug-likeness (QED) is 0.915. The molecule has 0 aliphatic rings. The summed E-state index contributed by atoms with van der Waals surface area (Å²) in [6.07, 6.45) is 3.82. The van der Waals surface area contributed by atoms with E-state index in [0.717, 1.165) is 10.0 Å². The molecule has 0 atom stereocenters. The molecule has 1 aromatic carbocycles. The van der Waals surface area contributed by atoms with E-state index >= 15 is 0 Å². The van der Waals surface area contributed by atoms with E-state index in [2.05, 4.69) is 15.9 Å².